The largest absolute Gasteiger partial charge is 0.497 e. The van der Waals surface area contributed by atoms with E-state index < -0.39 is 10.0 Å². The summed E-state index contributed by atoms with van der Waals surface area (Å²) in [5.74, 6) is 1.49. The van der Waals surface area contributed by atoms with Gasteiger partial charge in [-0.1, -0.05) is 0 Å². The van der Waals surface area contributed by atoms with E-state index in [9.17, 15) is 8.42 Å². The number of fused-ring (bicyclic) bond motifs is 1. The zero-order valence-electron chi connectivity index (χ0n) is 20.2. The molecule has 4 aromatic rings. The van der Waals surface area contributed by atoms with Crippen molar-refractivity contribution in [1.82, 2.24) is 30.0 Å². The molecule has 3 aromatic heterocycles. The van der Waals surface area contributed by atoms with Crippen molar-refractivity contribution in [3.8, 4) is 17.1 Å². The number of pyridine rings is 1. The van der Waals surface area contributed by atoms with Gasteiger partial charge in [0.1, 0.15) is 11.6 Å². The zero-order chi connectivity index (χ0) is 25.7. The van der Waals surface area contributed by atoms with Crippen LogP contribution in [0.15, 0.2) is 47.6 Å². The Labute approximate surface area is 208 Å². The number of hydrogen-bond donors (Lipinski definition) is 4. The third-order valence-electron chi connectivity index (χ3n) is 5.47. The highest BCUT2D eigenvalue weighted by atomic mass is 32.2. The predicted molar refractivity (Wildman–Crippen MR) is 137 cm³/mol. The van der Waals surface area contributed by atoms with Crippen molar-refractivity contribution >= 4 is 32.6 Å². The van der Waals surface area contributed by atoms with Crippen LogP contribution in [-0.2, 0) is 10.0 Å². The minimum absolute atomic E-state index is 0.0987. The zero-order valence-corrected chi connectivity index (χ0v) is 21.0. The Hall–Kier alpha value is -3.81. The second-order valence-corrected chi connectivity index (χ2v) is 9.74. The van der Waals surface area contributed by atoms with Gasteiger partial charge in [-0.25, -0.2) is 15.0 Å². The molecule has 12 nitrogen and oxygen atoms in total. The number of ether oxygens (including phenoxy) is 1. The lowest BCUT2D eigenvalue weighted by molar-refractivity contribution is 0.225. The van der Waals surface area contributed by atoms with Crippen molar-refractivity contribution in [3.63, 3.8) is 0 Å². The smallest absolute Gasteiger partial charge is 0.279 e. The van der Waals surface area contributed by atoms with Crippen molar-refractivity contribution in [2.75, 3.05) is 50.4 Å². The lowest BCUT2D eigenvalue weighted by Gasteiger charge is -2.16. The number of nitrogens with zero attached hydrogens (tertiary/aromatic N) is 5. The highest BCUT2D eigenvalue weighted by Crippen LogP contribution is 2.27. The van der Waals surface area contributed by atoms with Crippen molar-refractivity contribution in [2.24, 2.45) is 0 Å². The normalized spacial score (nSPS) is 11.7. The molecule has 0 radical (unpaired) electrons. The summed E-state index contributed by atoms with van der Waals surface area (Å²) in [5.41, 5.74) is 2.43. The molecule has 4 N–H and O–H groups in total. The van der Waals surface area contributed by atoms with Crippen LogP contribution in [0.25, 0.3) is 22.4 Å². The van der Waals surface area contributed by atoms with Crippen LogP contribution in [-0.4, -0.2) is 84.0 Å². The average molecular weight is 513 g/mol. The Kier molecular flexibility index (Phi) is 7.62. The monoisotopic (exact) mass is 512 g/mol. The van der Waals surface area contributed by atoms with Crippen molar-refractivity contribution in [1.29, 1.82) is 0 Å². The molecule has 0 aliphatic rings. The number of benzene rings is 1. The number of methoxy groups -OCH3 is 1. The third-order valence-corrected chi connectivity index (χ3v) is 6.75. The first-order valence-electron chi connectivity index (χ1n) is 11.2. The van der Waals surface area contributed by atoms with Crippen LogP contribution in [0.5, 0.6) is 5.75 Å². The molecule has 0 unspecified atom stereocenters. The fourth-order valence-electron chi connectivity index (χ4n) is 3.53. The summed E-state index contributed by atoms with van der Waals surface area (Å²) in [6, 6.07) is 9.65. The number of likely N-dealkylation sites (N-methyl/N-ethyl adjacent to an activating group) is 1. The minimum atomic E-state index is -3.89. The molecule has 0 saturated carbocycles. The predicted octanol–water partition coefficient (Wildman–Crippen LogP) is 1.87. The van der Waals surface area contributed by atoms with Crippen molar-refractivity contribution < 1.29 is 18.3 Å². The van der Waals surface area contributed by atoms with Gasteiger partial charge in [-0.3, -0.25) is 9.82 Å². The number of H-pyrrole nitrogens is 1. The van der Waals surface area contributed by atoms with Gasteiger partial charge in [0, 0.05) is 48.8 Å². The Bertz CT molecular complexity index is 1440. The summed E-state index contributed by atoms with van der Waals surface area (Å²) in [6.45, 7) is 3.92. The molecule has 0 fully saturated rings. The molecule has 0 amide bonds. The number of aliphatic hydroxyl groups is 1. The minimum Gasteiger partial charge on any atom is -0.497 e. The first-order valence-corrected chi connectivity index (χ1v) is 12.7. The summed E-state index contributed by atoms with van der Waals surface area (Å²) < 4.78 is 33.0. The van der Waals surface area contributed by atoms with Gasteiger partial charge in [0.25, 0.3) is 10.0 Å². The van der Waals surface area contributed by atoms with E-state index in [1.807, 2.05) is 18.9 Å². The second kappa shape index (κ2) is 10.8. The molecule has 0 saturated heterocycles. The van der Waals surface area contributed by atoms with Crippen LogP contribution >= 0.6 is 0 Å². The maximum absolute atomic E-state index is 12.7. The van der Waals surface area contributed by atoms with Crippen LogP contribution in [0, 0.1) is 6.92 Å². The number of aromatic nitrogens is 5. The van der Waals surface area contributed by atoms with Gasteiger partial charge in [0.15, 0.2) is 16.5 Å². The molecule has 4 rings (SSSR count). The number of nitrogens with one attached hydrogen (secondary N) is 3. The molecule has 0 aliphatic carbocycles. The molecule has 0 atom stereocenters. The van der Waals surface area contributed by atoms with Crippen LogP contribution in [0.1, 0.15) is 5.69 Å². The van der Waals surface area contributed by atoms with Gasteiger partial charge < -0.3 is 20.1 Å². The van der Waals surface area contributed by atoms with E-state index in [2.05, 4.69) is 30.2 Å². The Morgan fingerprint density at radius 3 is 2.64 bits per heavy atom. The standard InChI is InChI=1S/C23H28N8O4S/c1-15-20-22(25-10-11-31(2)12-13-32)26-21(27-23(20)29-28-15)16-4-6-17(7-5-16)30-36(33,34)19-14-18(35-3)8-9-24-19/h4-9,14,30,32H,10-13H2,1-3H3,(H2,25,26,27,28,29). The molecule has 3 heterocycles. The average Bonchev–Trinajstić information content (AvgIpc) is 3.25. The number of aromatic amines is 1. The second-order valence-electron chi connectivity index (χ2n) is 8.11. The van der Waals surface area contributed by atoms with Gasteiger partial charge >= 0.3 is 0 Å². The van der Waals surface area contributed by atoms with Gasteiger partial charge in [-0.2, -0.15) is 13.5 Å². The van der Waals surface area contributed by atoms with E-state index >= 15 is 0 Å². The molecule has 0 spiro atoms. The van der Waals surface area contributed by atoms with Crippen LogP contribution in [0.3, 0.4) is 0 Å². The lowest BCUT2D eigenvalue weighted by atomic mass is 10.2. The van der Waals surface area contributed by atoms with Crippen molar-refractivity contribution in [3.05, 3.63) is 48.3 Å². The van der Waals surface area contributed by atoms with Crippen LogP contribution in [0.2, 0.25) is 0 Å². The SMILES string of the molecule is COc1ccnc(S(=O)(=O)Nc2ccc(-c3nc(NCCN(C)CCO)c4c(C)[nH]nc4n3)cc2)c1. The quantitative estimate of drug-likeness (QED) is 0.234. The molecular weight excluding hydrogens is 484 g/mol. The maximum Gasteiger partial charge on any atom is 0.279 e. The van der Waals surface area contributed by atoms with E-state index in [0.29, 0.717) is 47.4 Å². The Morgan fingerprint density at radius 2 is 1.92 bits per heavy atom. The van der Waals surface area contributed by atoms with E-state index in [1.165, 1.54) is 19.4 Å². The number of rotatable bonds is 11. The molecule has 0 bridgehead atoms. The van der Waals surface area contributed by atoms with E-state index in [-0.39, 0.29) is 11.6 Å². The number of hydrogen-bond acceptors (Lipinski definition) is 10. The summed E-state index contributed by atoms with van der Waals surface area (Å²) in [4.78, 5) is 15.2. The molecular formula is C23H28N8O4S. The molecule has 1 aromatic carbocycles. The lowest BCUT2D eigenvalue weighted by Crippen LogP contribution is -2.28. The number of aliphatic hydroxyl groups excluding tert-OH is 1. The Balaban J connectivity index is 1.55. The summed E-state index contributed by atoms with van der Waals surface area (Å²) >= 11 is 0. The van der Waals surface area contributed by atoms with Crippen LogP contribution in [0.4, 0.5) is 11.5 Å². The summed E-state index contributed by atoms with van der Waals surface area (Å²) in [7, 11) is -0.505. The van der Waals surface area contributed by atoms with E-state index in [4.69, 9.17) is 14.8 Å². The fraction of sp³-hybridized carbons (Fsp3) is 0.304. The van der Waals surface area contributed by atoms with Crippen LogP contribution < -0.4 is 14.8 Å². The number of aryl methyl sites for hydroxylation is 1. The summed E-state index contributed by atoms with van der Waals surface area (Å²) in [5, 5.41) is 20.3. The van der Waals surface area contributed by atoms with Gasteiger partial charge in [-0.05, 0) is 44.3 Å². The van der Waals surface area contributed by atoms with Crippen molar-refractivity contribution in [2.45, 2.75) is 11.9 Å². The fourth-order valence-corrected chi connectivity index (χ4v) is 4.55. The number of anilines is 2. The maximum atomic E-state index is 12.7. The van der Waals surface area contributed by atoms with E-state index in [1.54, 1.807) is 30.3 Å². The van der Waals surface area contributed by atoms with Gasteiger partial charge in [0.05, 0.1) is 19.1 Å². The third kappa shape index (κ3) is 5.70. The summed E-state index contributed by atoms with van der Waals surface area (Å²) in [6.07, 6.45) is 1.37. The molecule has 0 aliphatic heterocycles. The first kappa shape index (κ1) is 25.3. The van der Waals surface area contributed by atoms with E-state index in [0.717, 1.165) is 17.6 Å². The van der Waals surface area contributed by atoms with Gasteiger partial charge in [0.2, 0.25) is 0 Å². The van der Waals surface area contributed by atoms with Gasteiger partial charge in [-0.15, -0.1) is 0 Å². The molecule has 13 heteroatoms. The highest BCUT2D eigenvalue weighted by Gasteiger charge is 2.18. The molecule has 190 valence electrons. The highest BCUT2D eigenvalue weighted by molar-refractivity contribution is 7.92. The Morgan fingerprint density at radius 1 is 1.14 bits per heavy atom. The topological polar surface area (TPSA) is 158 Å². The first-order chi connectivity index (χ1) is 17.3. The number of sulfonamides is 1. The molecule has 36 heavy (non-hydrogen) atoms.